The predicted octanol–water partition coefficient (Wildman–Crippen LogP) is 4.82. The summed E-state index contributed by atoms with van der Waals surface area (Å²) in [6.07, 6.45) is -1.56. The second-order valence-corrected chi connectivity index (χ2v) is 8.62. The maximum atomic E-state index is 14.4. The van der Waals surface area contributed by atoms with Crippen LogP contribution in [-0.2, 0) is 25.2 Å². The predicted molar refractivity (Wildman–Crippen MR) is 101 cm³/mol. The fourth-order valence-electron chi connectivity index (χ4n) is 3.58. The van der Waals surface area contributed by atoms with Crippen LogP contribution >= 0.6 is 0 Å². The molecule has 1 aromatic carbocycles. The van der Waals surface area contributed by atoms with Crippen molar-refractivity contribution in [1.29, 1.82) is 0 Å². The molecule has 0 N–H and O–H groups in total. The largest absolute Gasteiger partial charge is 0.419 e. The molecule has 1 aliphatic carbocycles. The smallest absolute Gasteiger partial charge is 0.291 e. The van der Waals surface area contributed by atoms with Crippen molar-refractivity contribution in [2.45, 2.75) is 58.2 Å². The lowest BCUT2D eigenvalue weighted by atomic mass is 9.85. The Hall–Kier alpha value is -2.38. The van der Waals surface area contributed by atoms with E-state index in [1.54, 1.807) is 6.07 Å². The minimum atomic E-state index is -4.88. The Morgan fingerprint density at radius 3 is 2.38 bits per heavy atom. The number of hydrogen-bond acceptors (Lipinski definition) is 1. The van der Waals surface area contributed by atoms with Gasteiger partial charge in [0.15, 0.2) is 5.49 Å². The molecule has 0 bridgehead atoms. The second-order valence-electron chi connectivity index (χ2n) is 8.62. The van der Waals surface area contributed by atoms with Crippen LogP contribution in [0.15, 0.2) is 29.3 Å². The molecule has 1 aromatic heterocycles. The van der Waals surface area contributed by atoms with Crippen molar-refractivity contribution in [2.75, 3.05) is 0 Å². The van der Waals surface area contributed by atoms with E-state index in [-0.39, 0.29) is 5.41 Å². The van der Waals surface area contributed by atoms with Crippen molar-refractivity contribution in [3.8, 4) is 0 Å². The zero-order valence-corrected chi connectivity index (χ0v) is 17.0. The third kappa shape index (κ3) is 4.31. The van der Waals surface area contributed by atoms with E-state index in [1.165, 1.54) is 0 Å². The number of nitrogens with zero attached hydrogens (tertiary/aromatic N) is 3. The van der Waals surface area contributed by atoms with Gasteiger partial charge in [-0.1, -0.05) is 33.3 Å². The molecule has 0 unspecified atom stereocenters. The normalized spacial score (nSPS) is 16.2. The van der Waals surface area contributed by atoms with Gasteiger partial charge in [0.2, 0.25) is 0 Å². The van der Waals surface area contributed by atoms with E-state index in [2.05, 4.69) is 4.99 Å². The number of halogens is 4. The molecule has 158 valence electrons. The molecule has 0 aliphatic heterocycles. The lowest BCUT2D eigenvalue weighted by Gasteiger charge is -2.27. The average Bonchev–Trinajstić information content (AvgIpc) is 2.86. The molecule has 0 spiro atoms. The van der Waals surface area contributed by atoms with E-state index in [1.807, 2.05) is 37.2 Å². The van der Waals surface area contributed by atoms with Gasteiger partial charge in [-0.2, -0.15) is 18.2 Å². The number of carbonyl (C=O) groups is 1. The number of aromatic nitrogens is 2. The van der Waals surface area contributed by atoms with Gasteiger partial charge in [0.25, 0.3) is 5.91 Å². The summed E-state index contributed by atoms with van der Waals surface area (Å²) in [5.74, 6) is -2.15. The Kier molecular flexibility index (Phi) is 5.49. The summed E-state index contributed by atoms with van der Waals surface area (Å²) in [6, 6.07) is 4.41. The Morgan fingerprint density at radius 2 is 1.86 bits per heavy atom. The van der Waals surface area contributed by atoms with E-state index in [0.29, 0.717) is 24.0 Å². The van der Waals surface area contributed by atoms with Crippen molar-refractivity contribution >= 4 is 5.91 Å². The Morgan fingerprint density at radius 1 is 1.21 bits per heavy atom. The third-order valence-electron chi connectivity index (χ3n) is 5.42. The molecule has 1 saturated carbocycles. The van der Waals surface area contributed by atoms with Crippen molar-refractivity contribution < 1.29 is 22.4 Å². The highest BCUT2D eigenvalue weighted by molar-refractivity contribution is 5.95. The topological polar surface area (TPSA) is 39.3 Å². The minimum absolute atomic E-state index is 0.228. The first kappa shape index (κ1) is 21.3. The van der Waals surface area contributed by atoms with Gasteiger partial charge in [-0.25, -0.2) is 4.39 Å². The average molecular weight is 411 g/mol. The highest BCUT2D eigenvalue weighted by atomic mass is 19.4. The molecule has 0 radical (unpaired) electrons. The molecular weight excluding hydrogens is 386 g/mol. The summed E-state index contributed by atoms with van der Waals surface area (Å²) >= 11 is 0. The lowest BCUT2D eigenvalue weighted by molar-refractivity contribution is -0.140. The van der Waals surface area contributed by atoms with Crippen LogP contribution in [-0.4, -0.2) is 15.3 Å². The number of alkyl halides is 3. The molecule has 1 fully saturated rings. The van der Waals surface area contributed by atoms with Crippen LogP contribution in [0.2, 0.25) is 0 Å². The van der Waals surface area contributed by atoms with Crippen molar-refractivity contribution in [3.05, 3.63) is 52.4 Å². The highest BCUT2D eigenvalue weighted by Crippen LogP contribution is 2.32. The van der Waals surface area contributed by atoms with Gasteiger partial charge in [0.05, 0.1) is 11.1 Å². The summed E-state index contributed by atoms with van der Waals surface area (Å²) in [5.41, 5.74) is -1.13. The molecule has 29 heavy (non-hydrogen) atoms. The second kappa shape index (κ2) is 7.46. The van der Waals surface area contributed by atoms with Gasteiger partial charge in [-0.05, 0) is 30.9 Å². The Labute approximate surface area is 166 Å². The van der Waals surface area contributed by atoms with Crippen molar-refractivity contribution in [3.63, 3.8) is 0 Å². The molecule has 0 atom stereocenters. The van der Waals surface area contributed by atoms with Crippen LogP contribution in [0, 0.1) is 11.7 Å². The van der Waals surface area contributed by atoms with Gasteiger partial charge in [-0.15, -0.1) is 0 Å². The van der Waals surface area contributed by atoms with Crippen LogP contribution in [0.4, 0.5) is 17.6 Å². The van der Waals surface area contributed by atoms with Crippen LogP contribution in [0.25, 0.3) is 0 Å². The van der Waals surface area contributed by atoms with Gasteiger partial charge in [-0.3, -0.25) is 14.2 Å². The van der Waals surface area contributed by atoms with Crippen LogP contribution in [0.3, 0.4) is 0 Å². The number of carbonyl (C=O) groups excluding carboxylic acids is 1. The maximum Gasteiger partial charge on any atom is 0.419 e. The van der Waals surface area contributed by atoms with Crippen LogP contribution < -0.4 is 5.49 Å². The first-order valence-electron chi connectivity index (χ1n) is 9.61. The summed E-state index contributed by atoms with van der Waals surface area (Å²) in [5, 5.41) is 0. The maximum absolute atomic E-state index is 14.4. The number of hydrogen-bond donors (Lipinski definition) is 0. The van der Waals surface area contributed by atoms with Gasteiger partial charge in [0.1, 0.15) is 5.82 Å². The summed E-state index contributed by atoms with van der Waals surface area (Å²) in [7, 11) is 1.87. The van der Waals surface area contributed by atoms with E-state index in [0.717, 1.165) is 37.1 Å². The zero-order valence-electron chi connectivity index (χ0n) is 17.0. The molecule has 2 aromatic rings. The van der Waals surface area contributed by atoms with Gasteiger partial charge < -0.3 is 0 Å². The fraction of sp³-hybridized carbons (Fsp3) is 0.524. The number of rotatable bonds is 3. The summed E-state index contributed by atoms with van der Waals surface area (Å²) in [4.78, 5) is 16.6. The molecule has 1 aliphatic rings. The van der Waals surface area contributed by atoms with Gasteiger partial charge >= 0.3 is 6.18 Å². The number of benzene rings is 1. The molecule has 1 heterocycles. The molecule has 1 amide bonds. The first-order chi connectivity index (χ1) is 13.4. The zero-order chi connectivity index (χ0) is 21.6. The number of amides is 1. The summed E-state index contributed by atoms with van der Waals surface area (Å²) in [6.45, 7) is 6.72. The Bertz CT molecular complexity index is 989. The highest BCUT2D eigenvalue weighted by Gasteiger charge is 2.35. The Balaban J connectivity index is 2.09. The molecule has 8 heteroatoms. The minimum Gasteiger partial charge on any atom is -0.291 e. The van der Waals surface area contributed by atoms with Gasteiger partial charge in [0, 0.05) is 30.8 Å². The van der Waals surface area contributed by atoms with E-state index in [4.69, 9.17) is 0 Å². The van der Waals surface area contributed by atoms with E-state index < -0.39 is 29.0 Å². The summed E-state index contributed by atoms with van der Waals surface area (Å²) < 4.78 is 57.0. The van der Waals surface area contributed by atoms with Crippen molar-refractivity contribution in [2.24, 2.45) is 18.0 Å². The SMILES string of the molecule is Cn1c(C(C)(C)C)c/c(=N\C(=O)c2cccc(C(F)(F)F)c2F)n1CC1CCC1. The van der Waals surface area contributed by atoms with Crippen LogP contribution in [0.1, 0.15) is 61.6 Å². The molecular formula is C21H25F4N3O. The first-order valence-corrected chi connectivity index (χ1v) is 9.61. The monoisotopic (exact) mass is 411 g/mol. The quantitative estimate of drug-likeness (QED) is 0.668. The van der Waals surface area contributed by atoms with Crippen molar-refractivity contribution in [1.82, 2.24) is 9.36 Å². The van der Waals surface area contributed by atoms with Crippen LogP contribution in [0.5, 0.6) is 0 Å². The van der Waals surface area contributed by atoms with E-state index in [9.17, 15) is 22.4 Å². The third-order valence-corrected chi connectivity index (χ3v) is 5.42. The molecule has 3 rings (SSSR count). The fourth-order valence-corrected chi connectivity index (χ4v) is 3.58. The standard InChI is InChI=1S/C21H25F4N3O/c1-20(2,3)16-11-17(28(27(16)4)12-13-7-5-8-13)26-19(29)14-9-6-10-15(18(14)22)21(23,24)25/h6,9-11,13H,5,7-8,12H2,1-4H3/b26-17+. The lowest BCUT2D eigenvalue weighted by Crippen LogP contribution is -2.30. The van der Waals surface area contributed by atoms with E-state index >= 15 is 0 Å². The molecule has 4 nitrogen and oxygen atoms in total. The molecule has 0 saturated heterocycles.